The Morgan fingerprint density at radius 3 is 2.74 bits per heavy atom. The van der Waals surface area contributed by atoms with Crippen LogP contribution in [0.15, 0.2) is 17.4 Å². The number of methoxy groups -OCH3 is 1. The van der Waals surface area contributed by atoms with Crippen LogP contribution in [0.4, 0.5) is 0 Å². The van der Waals surface area contributed by atoms with E-state index in [0.717, 1.165) is 19.3 Å². The second-order valence-corrected chi connectivity index (χ2v) is 4.51. The van der Waals surface area contributed by atoms with Gasteiger partial charge in [0.05, 0.1) is 12.7 Å². The van der Waals surface area contributed by atoms with Crippen LogP contribution in [0.1, 0.15) is 39.5 Å². The number of hydrogen-bond donors (Lipinski definition) is 1. The van der Waals surface area contributed by atoms with Gasteiger partial charge in [0.1, 0.15) is 5.78 Å². The summed E-state index contributed by atoms with van der Waals surface area (Å²) in [5.41, 5.74) is 0. The molecule has 0 aromatic heterocycles. The van der Waals surface area contributed by atoms with Gasteiger partial charge in [-0.1, -0.05) is 4.86 Å². The summed E-state index contributed by atoms with van der Waals surface area (Å²) in [6.07, 6.45) is 5.29. The van der Waals surface area contributed by atoms with Gasteiger partial charge >= 0.3 is 0 Å². The molecule has 110 valence electrons. The summed E-state index contributed by atoms with van der Waals surface area (Å²) in [5, 5.41) is 24.6. The van der Waals surface area contributed by atoms with Gasteiger partial charge in [0.25, 0.3) is 0 Å². The fourth-order valence-corrected chi connectivity index (χ4v) is 1.43. The second-order valence-electron chi connectivity index (χ2n) is 4.51. The summed E-state index contributed by atoms with van der Waals surface area (Å²) in [6, 6.07) is -0.565. The van der Waals surface area contributed by atoms with Crippen LogP contribution in [0.25, 0.3) is 0 Å². The minimum absolute atomic E-state index is 0.184. The predicted molar refractivity (Wildman–Crippen MR) is 71.7 cm³/mol. The predicted octanol–water partition coefficient (Wildman–Crippen LogP) is 2.01. The molecule has 0 heterocycles. The maximum atomic E-state index is 11.4. The molecule has 2 unspecified atom stereocenters. The first-order chi connectivity index (χ1) is 8.97. The molecule has 0 aliphatic heterocycles. The number of azo groups is 1. The van der Waals surface area contributed by atoms with Gasteiger partial charge in [-0.25, -0.2) is 0 Å². The van der Waals surface area contributed by atoms with Gasteiger partial charge in [-0.3, -0.25) is 0 Å². The maximum Gasteiger partial charge on any atom is 0.205 e. The lowest BCUT2D eigenvalue weighted by Gasteiger charge is -2.11. The average Bonchev–Trinajstić information content (AvgIpc) is 2.32. The molecule has 0 aliphatic rings. The molecule has 0 amide bonds. The van der Waals surface area contributed by atoms with Crippen molar-refractivity contribution < 1.29 is 19.5 Å². The zero-order valence-electron chi connectivity index (χ0n) is 11.9. The highest BCUT2D eigenvalue weighted by molar-refractivity contribution is 5.75. The smallest absolute Gasteiger partial charge is 0.205 e. The highest BCUT2D eigenvalue weighted by Crippen LogP contribution is 2.03. The Morgan fingerprint density at radius 2 is 2.21 bits per heavy atom. The van der Waals surface area contributed by atoms with E-state index in [0.29, 0.717) is 11.3 Å². The summed E-state index contributed by atoms with van der Waals surface area (Å²) in [6.45, 7) is 3.33. The zero-order chi connectivity index (χ0) is 14.7. The number of hydrogen-bond acceptors (Lipinski definition) is 5. The molecule has 0 aromatic carbocycles. The molecule has 2 atom stereocenters. The molecular weight excluding hydrogens is 248 g/mol. The summed E-state index contributed by atoms with van der Waals surface area (Å²) < 4.78 is 4.87. The number of unbranched alkanes of at least 4 members (excludes halogenated alkanes) is 2. The van der Waals surface area contributed by atoms with Crippen molar-refractivity contribution in [2.45, 2.75) is 51.7 Å². The lowest BCUT2D eigenvalue weighted by molar-refractivity contribution is -0.464. The van der Waals surface area contributed by atoms with E-state index < -0.39 is 12.1 Å². The number of carbonyl (C=O) groups excluding carboxylic acids is 1. The number of aliphatic hydroxyl groups is 1. The zero-order valence-corrected chi connectivity index (χ0v) is 11.9. The molecule has 19 heavy (non-hydrogen) atoms. The standard InChI is InChI=1S/C13H24N2O4/c1-11(16)8-6-4-5-7-9-15(18)14-13(10-19-3)12(2)17/h7,9,12-13,17H,4-6,8,10H2,1-3H3. The van der Waals surface area contributed by atoms with Crippen LogP contribution in [-0.2, 0) is 9.53 Å². The molecule has 6 heteroatoms. The van der Waals surface area contributed by atoms with E-state index in [-0.39, 0.29) is 12.4 Å². The van der Waals surface area contributed by atoms with E-state index in [1.165, 1.54) is 13.3 Å². The van der Waals surface area contributed by atoms with E-state index in [2.05, 4.69) is 5.11 Å². The molecule has 6 nitrogen and oxygen atoms in total. The van der Waals surface area contributed by atoms with E-state index in [1.54, 1.807) is 19.9 Å². The SMILES string of the molecule is COCC(N=[N+]([O-])C=CCCCCC(C)=O)C(C)O. The van der Waals surface area contributed by atoms with Gasteiger partial charge in [-0.05, 0) is 44.3 Å². The first-order valence-corrected chi connectivity index (χ1v) is 6.47. The number of aliphatic hydroxyl groups excluding tert-OH is 1. The van der Waals surface area contributed by atoms with Crippen LogP contribution in [0.5, 0.6) is 0 Å². The summed E-state index contributed by atoms with van der Waals surface area (Å²) in [5.74, 6) is 0.184. The summed E-state index contributed by atoms with van der Waals surface area (Å²) >= 11 is 0. The third-order valence-corrected chi connectivity index (χ3v) is 2.54. The monoisotopic (exact) mass is 272 g/mol. The molecule has 0 spiro atoms. The Morgan fingerprint density at radius 1 is 1.53 bits per heavy atom. The number of Topliss-reactive ketones (excluding diaryl/α,β-unsaturated/α-hetero) is 1. The second kappa shape index (κ2) is 10.6. The summed E-state index contributed by atoms with van der Waals surface area (Å²) in [4.78, 5) is 11.2. The molecule has 0 aliphatic carbocycles. The molecular formula is C13H24N2O4. The van der Waals surface area contributed by atoms with Crippen LogP contribution in [-0.4, -0.2) is 41.6 Å². The van der Waals surface area contributed by atoms with E-state index >= 15 is 0 Å². The fraction of sp³-hybridized carbons (Fsp3) is 0.769. The topological polar surface area (TPSA) is 85.0 Å². The van der Waals surface area contributed by atoms with Crippen molar-refractivity contribution in [2.24, 2.45) is 5.11 Å². The first-order valence-electron chi connectivity index (χ1n) is 6.47. The van der Waals surface area contributed by atoms with Crippen LogP contribution in [0.2, 0.25) is 0 Å². The molecule has 0 rings (SSSR count). The van der Waals surface area contributed by atoms with Gasteiger partial charge in [-0.2, -0.15) is 0 Å². The van der Waals surface area contributed by atoms with Gasteiger partial charge in [0.15, 0.2) is 6.04 Å². The van der Waals surface area contributed by atoms with Gasteiger partial charge < -0.3 is 19.8 Å². The third-order valence-electron chi connectivity index (χ3n) is 2.54. The minimum Gasteiger partial charge on any atom is -0.595 e. The van der Waals surface area contributed by atoms with E-state index in [4.69, 9.17) is 4.74 Å². The minimum atomic E-state index is -0.736. The number of rotatable bonds is 10. The number of nitrogens with zero attached hydrogens (tertiary/aromatic N) is 2. The Bertz CT molecular complexity index is 314. The molecule has 0 radical (unpaired) electrons. The highest BCUT2D eigenvalue weighted by Gasteiger charge is 2.17. The number of ketones is 1. The maximum absolute atomic E-state index is 11.4. The highest BCUT2D eigenvalue weighted by atomic mass is 16.5. The van der Waals surface area contributed by atoms with Crippen molar-refractivity contribution in [2.75, 3.05) is 13.7 Å². The first kappa shape index (κ1) is 17.7. The normalized spacial score (nSPS) is 15.7. The van der Waals surface area contributed by atoms with E-state index in [1.807, 2.05) is 0 Å². The van der Waals surface area contributed by atoms with Crippen LogP contribution in [0.3, 0.4) is 0 Å². The van der Waals surface area contributed by atoms with Crippen LogP contribution in [0, 0.1) is 5.21 Å². The number of carbonyl (C=O) groups is 1. The molecule has 0 saturated carbocycles. The van der Waals surface area contributed by atoms with Crippen LogP contribution >= 0.6 is 0 Å². The van der Waals surface area contributed by atoms with Crippen LogP contribution < -0.4 is 0 Å². The molecule has 0 aromatic rings. The largest absolute Gasteiger partial charge is 0.595 e. The van der Waals surface area contributed by atoms with Crippen molar-refractivity contribution in [3.8, 4) is 0 Å². The van der Waals surface area contributed by atoms with Crippen molar-refractivity contribution in [1.29, 1.82) is 0 Å². The Kier molecular flexibility index (Phi) is 9.92. The quantitative estimate of drug-likeness (QED) is 0.285. The van der Waals surface area contributed by atoms with Crippen molar-refractivity contribution in [3.63, 3.8) is 0 Å². The summed E-state index contributed by atoms with van der Waals surface area (Å²) in [7, 11) is 1.49. The Labute approximate surface area is 114 Å². The third kappa shape index (κ3) is 10.3. The van der Waals surface area contributed by atoms with Gasteiger partial charge in [-0.15, -0.1) is 0 Å². The van der Waals surface area contributed by atoms with Crippen molar-refractivity contribution in [1.82, 2.24) is 0 Å². The van der Waals surface area contributed by atoms with E-state index in [9.17, 15) is 15.1 Å². The molecule has 0 fully saturated rings. The van der Waals surface area contributed by atoms with Crippen molar-refractivity contribution in [3.05, 3.63) is 17.5 Å². The van der Waals surface area contributed by atoms with Gasteiger partial charge in [0, 0.05) is 13.5 Å². The average molecular weight is 272 g/mol. The molecule has 0 saturated heterocycles. The Balaban J connectivity index is 4.04. The lowest BCUT2D eigenvalue weighted by atomic mass is 10.1. The van der Waals surface area contributed by atoms with Gasteiger partial charge in [0.2, 0.25) is 6.20 Å². The number of hydroxylamine groups is 1. The number of ether oxygens (including phenoxy) is 1. The van der Waals surface area contributed by atoms with Crippen molar-refractivity contribution >= 4 is 5.78 Å². The fourth-order valence-electron chi connectivity index (χ4n) is 1.43. The molecule has 0 bridgehead atoms. The Hall–Kier alpha value is -1.27. The molecule has 1 N–H and O–H groups in total. The number of allylic oxidation sites excluding steroid dienone is 1. The lowest BCUT2D eigenvalue weighted by Crippen LogP contribution is -2.27.